The molecule has 0 aliphatic carbocycles. The van der Waals surface area contributed by atoms with Crippen LogP contribution in [0.2, 0.25) is 0 Å². The van der Waals surface area contributed by atoms with Crippen LogP contribution in [0.1, 0.15) is 10.6 Å². The standard InChI is InChI=1S/C11H9BrN4S/c1-16(5-10-2-8(12)6-17-10)11-3-9(4-13)14-7-15-11/h2-3,6-7H,5H2,1H3. The Morgan fingerprint density at radius 2 is 2.29 bits per heavy atom. The summed E-state index contributed by atoms with van der Waals surface area (Å²) in [4.78, 5) is 11.2. The lowest BCUT2D eigenvalue weighted by atomic mass is 10.4. The number of hydrogen-bond acceptors (Lipinski definition) is 5. The molecule has 2 aromatic rings. The van der Waals surface area contributed by atoms with Gasteiger partial charge in [-0.1, -0.05) is 0 Å². The van der Waals surface area contributed by atoms with E-state index in [2.05, 4.69) is 32.0 Å². The third-order valence-corrected chi connectivity index (χ3v) is 3.86. The van der Waals surface area contributed by atoms with E-state index in [0.29, 0.717) is 5.69 Å². The summed E-state index contributed by atoms with van der Waals surface area (Å²) in [5.41, 5.74) is 0.384. The van der Waals surface area contributed by atoms with Crippen molar-refractivity contribution in [2.75, 3.05) is 11.9 Å². The smallest absolute Gasteiger partial charge is 0.145 e. The minimum Gasteiger partial charge on any atom is -0.354 e. The van der Waals surface area contributed by atoms with Crippen molar-refractivity contribution in [1.82, 2.24) is 9.97 Å². The van der Waals surface area contributed by atoms with Gasteiger partial charge in [-0.05, 0) is 22.0 Å². The van der Waals surface area contributed by atoms with E-state index in [1.165, 1.54) is 11.2 Å². The Hall–Kier alpha value is -1.45. The highest BCUT2D eigenvalue weighted by Crippen LogP contribution is 2.22. The number of anilines is 1. The van der Waals surface area contributed by atoms with Crippen LogP contribution in [0.3, 0.4) is 0 Å². The van der Waals surface area contributed by atoms with Crippen LogP contribution in [0.25, 0.3) is 0 Å². The molecular formula is C11H9BrN4S. The normalized spacial score (nSPS) is 9.94. The fourth-order valence-electron chi connectivity index (χ4n) is 1.37. The Kier molecular flexibility index (Phi) is 3.71. The van der Waals surface area contributed by atoms with Gasteiger partial charge in [0, 0.05) is 27.8 Å². The van der Waals surface area contributed by atoms with Crippen molar-refractivity contribution >= 4 is 33.1 Å². The molecule has 0 atom stereocenters. The van der Waals surface area contributed by atoms with Gasteiger partial charge in [0.15, 0.2) is 0 Å². The summed E-state index contributed by atoms with van der Waals surface area (Å²) in [5.74, 6) is 0.751. The van der Waals surface area contributed by atoms with Crippen molar-refractivity contribution in [3.05, 3.63) is 38.9 Å². The molecule has 0 bridgehead atoms. The van der Waals surface area contributed by atoms with Crippen LogP contribution in [0.15, 0.2) is 28.3 Å². The molecule has 0 radical (unpaired) electrons. The predicted octanol–water partition coefficient (Wildman–Crippen LogP) is 2.81. The van der Waals surface area contributed by atoms with E-state index in [1.807, 2.05) is 23.4 Å². The first kappa shape index (κ1) is 12.0. The molecule has 0 aromatic carbocycles. The first-order valence-corrected chi connectivity index (χ1v) is 6.52. The van der Waals surface area contributed by atoms with Gasteiger partial charge in [-0.15, -0.1) is 11.3 Å². The van der Waals surface area contributed by atoms with Gasteiger partial charge in [0.25, 0.3) is 0 Å². The molecule has 4 nitrogen and oxygen atoms in total. The molecule has 0 fully saturated rings. The van der Waals surface area contributed by atoms with E-state index in [4.69, 9.17) is 5.26 Å². The summed E-state index contributed by atoms with van der Waals surface area (Å²) >= 11 is 5.11. The minimum absolute atomic E-state index is 0.384. The van der Waals surface area contributed by atoms with Crippen molar-refractivity contribution in [2.24, 2.45) is 0 Å². The van der Waals surface area contributed by atoms with Gasteiger partial charge >= 0.3 is 0 Å². The molecule has 0 N–H and O–H groups in total. The number of hydrogen-bond donors (Lipinski definition) is 0. The second kappa shape index (κ2) is 5.25. The Labute approximate surface area is 112 Å². The van der Waals surface area contributed by atoms with Gasteiger partial charge in [0.05, 0.1) is 6.54 Å². The molecule has 0 aliphatic heterocycles. The summed E-state index contributed by atoms with van der Waals surface area (Å²) in [7, 11) is 1.94. The van der Waals surface area contributed by atoms with Crippen molar-refractivity contribution in [3.8, 4) is 6.07 Å². The Bertz CT molecular complexity index is 561. The maximum Gasteiger partial charge on any atom is 0.145 e. The van der Waals surface area contributed by atoms with Crippen molar-refractivity contribution in [1.29, 1.82) is 5.26 Å². The Morgan fingerprint density at radius 3 is 2.94 bits per heavy atom. The molecule has 0 amide bonds. The zero-order chi connectivity index (χ0) is 12.3. The lowest BCUT2D eigenvalue weighted by Gasteiger charge is -2.16. The molecule has 17 heavy (non-hydrogen) atoms. The first-order valence-electron chi connectivity index (χ1n) is 4.85. The summed E-state index contributed by atoms with van der Waals surface area (Å²) in [6, 6.07) is 5.77. The van der Waals surface area contributed by atoms with Crippen LogP contribution in [0.4, 0.5) is 5.82 Å². The minimum atomic E-state index is 0.384. The highest BCUT2D eigenvalue weighted by Gasteiger charge is 2.06. The topological polar surface area (TPSA) is 52.8 Å². The highest BCUT2D eigenvalue weighted by atomic mass is 79.9. The SMILES string of the molecule is CN(Cc1cc(Br)cs1)c1cc(C#N)ncn1. The molecule has 0 unspecified atom stereocenters. The second-order valence-corrected chi connectivity index (χ2v) is 5.37. The molecule has 2 aromatic heterocycles. The third-order valence-electron chi connectivity index (χ3n) is 2.17. The molecule has 0 aliphatic rings. The van der Waals surface area contributed by atoms with Crippen LogP contribution in [-0.4, -0.2) is 17.0 Å². The van der Waals surface area contributed by atoms with E-state index in [0.717, 1.165) is 16.8 Å². The van der Waals surface area contributed by atoms with Crippen LogP contribution < -0.4 is 4.90 Å². The van der Waals surface area contributed by atoms with Gasteiger partial charge in [-0.2, -0.15) is 5.26 Å². The fraction of sp³-hybridized carbons (Fsp3) is 0.182. The quantitative estimate of drug-likeness (QED) is 0.875. The van der Waals surface area contributed by atoms with E-state index < -0.39 is 0 Å². The van der Waals surface area contributed by atoms with E-state index in [-0.39, 0.29) is 0 Å². The largest absolute Gasteiger partial charge is 0.354 e. The molecule has 2 rings (SSSR count). The maximum atomic E-state index is 8.77. The summed E-state index contributed by atoms with van der Waals surface area (Å²) in [6.45, 7) is 0.762. The molecular weight excluding hydrogens is 300 g/mol. The monoisotopic (exact) mass is 308 g/mol. The van der Waals surface area contributed by atoms with Crippen molar-refractivity contribution in [2.45, 2.75) is 6.54 Å². The fourth-order valence-corrected chi connectivity index (χ4v) is 2.87. The number of rotatable bonds is 3. The summed E-state index contributed by atoms with van der Waals surface area (Å²) < 4.78 is 1.09. The van der Waals surface area contributed by atoms with Gasteiger partial charge in [-0.3, -0.25) is 0 Å². The average Bonchev–Trinajstić information content (AvgIpc) is 2.75. The molecule has 0 saturated carbocycles. The zero-order valence-corrected chi connectivity index (χ0v) is 11.5. The van der Waals surface area contributed by atoms with Crippen LogP contribution in [0, 0.1) is 11.3 Å². The lowest BCUT2D eigenvalue weighted by Crippen LogP contribution is -2.17. The first-order chi connectivity index (χ1) is 8.19. The van der Waals surface area contributed by atoms with E-state index in [9.17, 15) is 0 Å². The predicted molar refractivity (Wildman–Crippen MR) is 70.9 cm³/mol. The van der Waals surface area contributed by atoms with Crippen LogP contribution in [-0.2, 0) is 6.54 Å². The van der Waals surface area contributed by atoms with Gasteiger partial charge in [0.1, 0.15) is 23.9 Å². The van der Waals surface area contributed by atoms with Gasteiger partial charge in [-0.25, -0.2) is 9.97 Å². The van der Waals surface area contributed by atoms with Crippen LogP contribution >= 0.6 is 27.3 Å². The van der Waals surface area contributed by atoms with Gasteiger partial charge < -0.3 is 4.90 Å². The molecule has 2 heterocycles. The number of nitriles is 1. The van der Waals surface area contributed by atoms with E-state index >= 15 is 0 Å². The molecule has 6 heteroatoms. The average molecular weight is 309 g/mol. The van der Waals surface area contributed by atoms with Crippen LogP contribution in [0.5, 0.6) is 0 Å². The highest BCUT2D eigenvalue weighted by molar-refractivity contribution is 9.10. The van der Waals surface area contributed by atoms with Crippen molar-refractivity contribution in [3.63, 3.8) is 0 Å². The summed E-state index contributed by atoms with van der Waals surface area (Å²) in [6.07, 6.45) is 1.41. The Morgan fingerprint density at radius 1 is 1.47 bits per heavy atom. The summed E-state index contributed by atoms with van der Waals surface area (Å²) in [5, 5.41) is 10.8. The van der Waals surface area contributed by atoms with E-state index in [1.54, 1.807) is 17.4 Å². The Balaban J connectivity index is 2.14. The second-order valence-electron chi connectivity index (χ2n) is 3.46. The molecule has 0 saturated heterocycles. The maximum absolute atomic E-state index is 8.77. The van der Waals surface area contributed by atoms with Gasteiger partial charge in [0.2, 0.25) is 0 Å². The lowest BCUT2D eigenvalue weighted by molar-refractivity contribution is 0.902. The van der Waals surface area contributed by atoms with Crippen molar-refractivity contribution < 1.29 is 0 Å². The molecule has 0 spiro atoms. The molecule has 86 valence electrons. The third kappa shape index (κ3) is 3.02. The number of thiophene rings is 1. The number of nitrogens with zero attached hydrogens (tertiary/aromatic N) is 4. The number of halogens is 1. The number of aromatic nitrogens is 2. The zero-order valence-electron chi connectivity index (χ0n) is 9.09.